The Morgan fingerprint density at radius 1 is 1.62 bits per heavy atom. The van der Waals surface area contributed by atoms with E-state index in [1.165, 1.54) is 0 Å². The first-order valence-corrected chi connectivity index (χ1v) is 5.55. The maximum Gasteiger partial charge on any atom is 0.237 e. The van der Waals surface area contributed by atoms with Crippen molar-refractivity contribution in [2.24, 2.45) is 5.73 Å². The van der Waals surface area contributed by atoms with Gasteiger partial charge in [0.25, 0.3) is 0 Å². The second kappa shape index (κ2) is 6.83. The lowest BCUT2D eigenvalue weighted by molar-refractivity contribution is -0.124. The van der Waals surface area contributed by atoms with Crippen LogP contribution in [0.2, 0.25) is 0 Å². The second-order valence-corrected chi connectivity index (χ2v) is 4.47. The van der Waals surface area contributed by atoms with Gasteiger partial charge in [-0.15, -0.1) is 0 Å². The van der Waals surface area contributed by atoms with Gasteiger partial charge < -0.3 is 20.7 Å². The smallest absolute Gasteiger partial charge is 0.237 e. The highest BCUT2D eigenvalue weighted by Gasteiger charge is 2.31. The summed E-state index contributed by atoms with van der Waals surface area (Å²) < 4.78 is 5.02. The van der Waals surface area contributed by atoms with Crippen molar-refractivity contribution in [3.8, 4) is 0 Å². The Morgan fingerprint density at radius 2 is 2.19 bits per heavy atom. The van der Waals surface area contributed by atoms with Crippen molar-refractivity contribution in [2.75, 3.05) is 34.4 Å². The number of methoxy groups -OCH3 is 1. The van der Waals surface area contributed by atoms with Crippen LogP contribution in [0.5, 0.6) is 0 Å². The Labute approximate surface area is 98.3 Å². The van der Waals surface area contributed by atoms with Crippen LogP contribution in [0.25, 0.3) is 0 Å². The summed E-state index contributed by atoms with van der Waals surface area (Å²) in [4.78, 5) is 13.5. The van der Waals surface area contributed by atoms with Crippen molar-refractivity contribution in [1.29, 1.82) is 0 Å². The average Bonchev–Trinajstić information content (AvgIpc) is 2.25. The van der Waals surface area contributed by atoms with E-state index in [4.69, 9.17) is 10.5 Å². The fourth-order valence-corrected chi connectivity index (χ4v) is 1.53. The number of primary amides is 1. The second-order valence-electron chi connectivity index (χ2n) is 4.47. The molecule has 0 aromatic carbocycles. The largest absolute Gasteiger partial charge is 0.383 e. The molecule has 0 aromatic heterocycles. The minimum atomic E-state index is -0.652. The number of nitrogens with one attached hydrogen (secondary N) is 1. The molecule has 0 aliphatic rings. The van der Waals surface area contributed by atoms with Crippen molar-refractivity contribution >= 4 is 5.91 Å². The van der Waals surface area contributed by atoms with Crippen molar-refractivity contribution in [1.82, 2.24) is 10.2 Å². The molecular formula is C11H25N3O2. The molecule has 2 atom stereocenters. The number of hydrogen-bond donors (Lipinski definition) is 2. The highest BCUT2D eigenvalue weighted by Crippen LogP contribution is 2.14. The number of likely N-dealkylation sites (N-methyl/N-ethyl adjacent to an activating group) is 2. The molecule has 96 valence electrons. The Balaban J connectivity index is 4.29. The zero-order valence-electron chi connectivity index (χ0n) is 11.0. The predicted molar refractivity (Wildman–Crippen MR) is 65.2 cm³/mol. The van der Waals surface area contributed by atoms with Gasteiger partial charge in [0.05, 0.1) is 12.1 Å². The molecule has 3 N–H and O–H groups in total. The first-order chi connectivity index (χ1) is 7.37. The molecule has 1 amide bonds. The van der Waals surface area contributed by atoms with Crippen LogP contribution >= 0.6 is 0 Å². The molecule has 0 radical (unpaired) electrons. The van der Waals surface area contributed by atoms with E-state index in [2.05, 4.69) is 17.1 Å². The van der Waals surface area contributed by atoms with Crippen LogP contribution in [0, 0.1) is 0 Å². The number of ether oxygens (including phenoxy) is 1. The van der Waals surface area contributed by atoms with Gasteiger partial charge in [0.15, 0.2) is 0 Å². The Bertz CT molecular complexity index is 223. The number of nitrogens with two attached hydrogens (primary N) is 1. The van der Waals surface area contributed by atoms with Crippen molar-refractivity contribution in [2.45, 2.75) is 31.8 Å². The van der Waals surface area contributed by atoms with Crippen LogP contribution in [0.1, 0.15) is 20.3 Å². The summed E-state index contributed by atoms with van der Waals surface area (Å²) in [7, 11) is 5.45. The molecule has 0 rings (SSSR count). The Kier molecular flexibility index (Phi) is 6.55. The molecule has 5 nitrogen and oxygen atoms in total. The molecule has 2 unspecified atom stereocenters. The summed E-state index contributed by atoms with van der Waals surface area (Å²) in [6, 6.07) is 0.264. The number of hydrogen-bond acceptors (Lipinski definition) is 4. The molecule has 0 aliphatic carbocycles. The normalized spacial score (nSPS) is 17.1. The predicted octanol–water partition coefficient (Wildman–Crippen LogP) is -0.193. The van der Waals surface area contributed by atoms with Gasteiger partial charge in [-0.25, -0.2) is 0 Å². The van der Waals surface area contributed by atoms with Gasteiger partial charge >= 0.3 is 0 Å². The third-order valence-corrected chi connectivity index (χ3v) is 3.20. The molecule has 5 heteroatoms. The lowest BCUT2D eigenvalue weighted by atomic mass is 9.92. The number of nitrogens with zero attached hydrogens (tertiary/aromatic N) is 1. The van der Waals surface area contributed by atoms with Crippen LogP contribution in [-0.4, -0.2) is 56.7 Å². The monoisotopic (exact) mass is 231 g/mol. The molecule has 0 spiro atoms. The molecule has 0 aliphatic heterocycles. The standard InChI is InChI=1S/C11H25N3O2/c1-9(14(4)6-7-16-5)8-11(2,13-3)10(12)15/h9,13H,6-8H2,1-5H3,(H2,12,15). The third kappa shape index (κ3) is 4.47. The zero-order valence-corrected chi connectivity index (χ0v) is 11.0. The summed E-state index contributed by atoms with van der Waals surface area (Å²) in [5.74, 6) is -0.318. The number of rotatable bonds is 8. The molecule has 0 aromatic rings. The van der Waals surface area contributed by atoms with Gasteiger partial charge in [-0.1, -0.05) is 0 Å². The Hall–Kier alpha value is -0.650. The molecule has 0 fully saturated rings. The number of amides is 1. The van der Waals surface area contributed by atoms with Crippen molar-refractivity contribution in [3.63, 3.8) is 0 Å². The van der Waals surface area contributed by atoms with Crippen molar-refractivity contribution in [3.05, 3.63) is 0 Å². The SMILES string of the molecule is CNC(C)(CC(C)N(C)CCOC)C(N)=O. The summed E-state index contributed by atoms with van der Waals surface area (Å²) in [5, 5.41) is 2.99. The topological polar surface area (TPSA) is 67.6 Å². The minimum absolute atomic E-state index is 0.264. The fourth-order valence-electron chi connectivity index (χ4n) is 1.53. The van der Waals surface area contributed by atoms with Crippen LogP contribution in [0.4, 0.5) is 0 Å². The van der Waals surface area contributed by atoms with Crippen LogP contribution < -0.4 is 11.1 Å². The third-order valence-electron chi connectivity index (χ3n) is 3.20. The minimum Gasteiger partial charge on any atom is -0.383 e. The van der Waals surface area contributed by atoms with Crippen molar-refractivity contribution < 1.29 is 9.53 Å². The molecule has 0 heterocycles. The van der Waals surface area contributed by atoms with E-state index >= 15 is 0 Å². The van der Waals surface area contributed by atoms with E-state index in [-0.39, 0.29) is 11.9 Å². The quantitative estimate of drug-likeness (QED) is 0.607. The summed E-state index contributed by atoms with van der Waals surface area (Å²) >= 11 is 0. The van der Waals surface area contributed by atoms with Crippen LogP contribution in [0.15, 0.2) is 0 Å². The maximum absolute atomic E-state index is 11.3. The zero-order chi connectivity index (χ0) is 12.8. The van der Waals surface area contributed by atoms with Crippen LogP contribution in [-0.2, 0) is 9.53 Å². The van der Waals surface area contributed by atoms with Gasteiger partial charge in [-0.2, -0.15) is 0 Å². The summed E-state index contributed by atoms with van der Waals surface area (Å²) in [6.07, 6.45) is 0.680. The van der Waals surface area contributed by atoms with Gasteiger partial charge in [-0.3, -0.25) is 4.79 Å². The highest BCUT2D eigenvalue weighted by atomic mass is 16.5. The van der Waals surface area contributed by atoms with E-state index in [0.717, 1.165) is 6.54 Å². The number of carbonyl (C=O) groups is 1. The molecule has 0 saturated carbocycles. The highest BCUT2D eigenvalue weighted by molar-refractivity contribution is 5.84. The first kappa shape index (κ1) is 15.3. The molecule has 0 saturated heterocycles. The fraction of sp³-hybridized carbons (Fsp3) is 0.909. The maximum atomic E-state index is 11.3. The van der Waals surface area contributed by atoms with E-state index < -0.39 is 5.54 Å². The Morgan fingerprint density at radius 3 is 2.56 bits per heavy atom. The van der Waals surface area contributed by atoms with E-state index in [1.807, 2.05) is 14.0 Å². The lowest BCUT2D eigenvalue weighted by Crippen LogP contribution is -2.54. The lowest BCUT2D eigenvalue weighted by Gasteiger charge is -2.33. The van der Waals surface area contributed by atoms with Gasteiger partial charge in [0.1, 0.15) is 0 Å². The van der Waals surface area contributed by atoms with Gasteiger partial charge in [0.2, 0.25) is 5.91 Å². The molecule has 0 bridgehead atoms. The van der Waals surface area contributed by atoms with E-state index in [9.17, 15) is 4.79 Å². The molecule has 16 heavy (non-hydrogen) atoms. The molecular weight excluding hydrogens is 206 g/mol. The first-order valence-electron chi connectivity index (χ1n) is 5.55. The summed E-state index contributed by atoms with van der Waals surface area (Å²) in [5.41, 5.74) is 4.73. The van der Waals surface area contributed by atoms with Gasteiger partial charge in [-0.05, 0) is 34.4 Å². The van der Waals surface area contributed by atoms with E-state index in [0.29, 0.717) is 13.0 Å². The average molecular weight is 231 g/mol. The van der Waals surface area contributed by atoms with Crippen LogP contribution in [0.3, 0.4) is 0 Å². The van der Waals surface area contributed by atoms with E-state index in [1.54, 1.807) is 14.2 Å². The summed E-state index contributed by atoms with van der Waals surface area (Å²) in [6.45, 7) is 5.44. The number of carbonyl (C=O) groups excluding carboxylic acids is 1. The van der Waals surface area contributed by atoms with Gasteiger partial charge in [0, 0.05) is 19.7 Å².